The zero-order valence-electron chi connectivity index (χ0n) is 14.2. The molecule has 0 amide bonds. The van der Waals surface area contributed by atoms with E-state index in [0.29, 0.717) is 23.1 Å². The van der Waals surface area contributed by atoms with Crippen LogP contribution in [0.1, 0.15) is 25.1 Å². The van der Waals surface area contributed by atoms with Crippen molar-refractivity contribution >= 4 is 33.0 Å². The van der Waals surface area contributed by atoms with E-state index < -0.39 is 10.0 Å². The molecule has 9 heteroatoms. The molecule has 25 heavy (non-hydrogen) atoms. The lowest BCUT2D eigenvalue weighted by molar-refractivity contribution is 0.572. The summed E-state index contributed by atoms with van der Waals surface area (Å²) in [6.07, 6.45) is 3.66. The molecule has 3 rings (SSSR count). The van der Waals surface area contributed by atoms with Gasteiger partial charge in [0.15, 0.2) is 0 Å². The van der Waals surface area contributed by atoms with E-state index >= 15 is 0 Å². The van der Waals surface area contributed by atoms with Crippen molar-refractivity contribution in [3.05, 3.63) is 29.4 Å². The van der Waals surface area contributed by atoms with Crippen molar-refractivity contribution in [3.8, 4) is 0 Å². The first kappa shape index (κ1) is 18.1. The molecule has 0 spiro atoms. The number of piperidine rings is 1. The van der Waals surface area contributed by atoms with E-state index in [1.165, 1.54) is 30.6 Å². The molecule has 0 bridgehead atoms. The van der Waals surface area contributed by atoms with Crippen molar-refractivity contribution < 1.29 is 8.42 Å². The van der Waals surface area contributed by atoms with Crippen LogP contribution in [0.5, 0.6) is 0 Å². The summed E-state index contributed by atoms with van der Waals surface area (Å²) in [7, 11) is -3.42. The quantitative estimate of drug-likeness (QED) is 0.715. The van der Waals surface area contributed by atoms with E-state index in [9.17, 15) is 8.42 Å². The van der Waals surface area contributed by atoms with E-state index in [2.05, 4.69) is 24.9 Å². The predicted molar refractivity (Wildman–Crippen MR) is 101 cm³/mol. The highest BCUT2D eigenvalue weighted by molar-refractivity contribution is 7.91. The zero-order chi connectivity index (χ0) is 17.7. The van der Waals surface area contributed by atoms with E-state index in [-0.39, 0.29) is 0 Å². The van der Waals surface area contributed by atoms with Crippen LogP contribution in [0.25, 0.3) is 0 Å². The van der Waals surface area contributed by atoms with Crippen molar-refractivity contribution in [1.82, 2.24) is 14.7 Å². The van der Waals surface area contributed by atoms with Crippen LogP contribution in [0.3, 0.4) is 0 Å². The number of aryl methyl sites for hydroxylation is 1. The van der Waals surface area contributed by atoms with Gasteiger partial charge in [-0.2, -0.15) is 0 Å². The van der Waals surface area contributed by atoms with Gasteiger partial charge in [-0.05, 0) is 37.6 Å². The zero-order valence-corrected chi connectivity index (χ0v) is 15.9. The predicted octanol–water partition coefficient (Wildman–Crippen LogP) is 2.23. The first-order valence-corrected chi connectivity index (χ1v) is 10.8. The van der Waals surface area contributed by atoms with Crippen molar-refractivity contribution in [2.75, 3.05) is 36.4 Å². The molecule has 1 fully saturated rings. The van der Waals surface area contributed by atoms with Crippen LogP contribution >= 0.6 is 11.3 Å². The highest BCUT2D eigenvalue weighted by Gasteiger charge is 2.15. The summed E-state index contributed by atoms with van der Waals surface area (Å²) in [6, 6.07) is 5.26. The van der Waals surface area contributed by atoms with Crippen molar-refractivity contribution in [1.29, 1.82) is 0 Å². The van der Waals surface area contributed by atoms with E-state index in [4.69, 9.17) is 0 Å². The molecular weight excluding hydrogens is 358 g/mol. The average Bonchev–Trinajstić information content (AvgIpc) is 3.15. The van der Waals surface area contributed by atoms with E-state index in [1.807, 2.05) is 13.0 Å². The second-order valence-electron chi connectivity index (χ2n) is 5.96. The Kier molecular flexibility index (Phi) is 5.87. The second kappa shape index (κ2) is 8.11. The first-order chi connectivity index (χ1) is 12.0. The second-order valence-corrected chi connectivity index (χ2v) is 8.90. The van der Waals surface area contributed by atoms with Crippen LogP contribution in [-0.2, 0) is 10.0 Å². The summed E-state index contributed by atoms with van der Waals surface area (Å²) < 4.78 is 27.0. The van der Waals surface area contributed by atoms with Crippen molar-refractivity contribution in [2.45, 2.75) is 30.4 Å². The molecule has 0 aromatic carbocycles. The number of sulfonamides is 1. The van der Waals surface area contributed by atoms with Gasteiger partial charge in [0.1, 0.15) is 21.7 Å². The molecule has 0 atom stereocenters. The summed E-state index contributed by atoms with van der Waals surface area (Å²) in [5.41, 5.74) is 0. The minimum Gasteiger partial charge on any atom is -0.369 e. The number of hydrogen-bond acceptors (Lipinski definition) is 7. The van der Waals surface area contributed by atoms with Crippen molar-refractivity contribution in [2.24, 2.45) is 0 Å². The van der Waals surface area contributed by atoms with Crippen LogP contribution in [0, 0.1) is 6.92 Å². The Morgan fingerprint density at radius 2 is 2.00 bits per heavy atom. The Morgan fingerprint density at radius 3 is 2.72 bits per heavy atom. The number of aromatic nitrogens is 2. The third kappa shape index (κ3) is 4.90. The van der Waals surface area contributed by atoms with Gasteiger partial charge in [-0.15, -0.1) is 11.3 Å². The normalized spacial score (nSPS) is 15.3. The molecule has 0 unspecified atom stereocenters. The Balaban J connectivity index is 1.55. The summed E-state index contributed by atoms with van der Waals surface area (Å²) >= 11 is 1.21. The molecule has 0 saturated carbocycles. The number of rotatable bonds is 7. The number of thiophene rings is 1. The molecule has 136 valence electrons. The highest BCUT2D eigenvalue weighted by Crippen LogP contribution is 2.20. The van der Waals surface area contributed by atoms with Gasteiger partial charge in [0.25, 0.3) is 0 Å². The Morgan fingerprint density at radius 1 is 1.20 bits per heavy atom. The SMILES string of the molecule is Cc1nc(NCCNS(=O)(=O)c2cccs2)cc(N2CCCCC2)n1. The molecule has 1 aliphatic rings. The molecule has 2 aromatic rings. The van der Waals surface area contributed by atoms with Gasteiger partial charge < -0.3 is 10.2 Å². The third-order valence-corrected chi connectivity index (χ3v) is 6.85. The van der Waals surface area contributed by atoms with E-state index in [1.54, 1.807) is 17.5 Å². The maximum absolute atomic E-state index is 12.1. The van der Waals surface area contributed by atoms with Gasteiger partial charge in [0.05, 0.1) is 0 Å². The lowest BCUT2D eigenvalue weighted by atomic mass is 10.1. The van der Waals surface area contributed by atoms with Gasteiger partial charge in [-0.3, -0.25) is 0 Å². The fraction of sp³-hybridized carbons (Fsp3) is 0.500. The Hall–Kier alpha value is -1.71. The lowest BCUT2D eigenvalue weighted by Crippen LogP contribution is -2.31. The summed E-state index contributed by atoms with van der Waals surface area (Å²) in [5, 5.41) is 4.93. The standard InChI is InChI=1S/C16H23N5O2S2/c1-13-19-14(12-15(20-13)21-9-3-2-4-10-21)17-7-8-18-25(22,23)16-6-5-11-24-16/h5-6,11-12,18H,2-4,7-10H2,1H3,(H,17,19,20). The molecule has 3 heterocycles. The number of hydrogen-bond donors (Lipinski definition) is 2. The fourth-order valence-electron chi connectivity index (χ4n) is 2.79. The maximum Gasteiger partial charge on any atom is 0.250 e. The monoisotopic (exact) mass is 381 g/mol. The number of anilines is 2. The van der Waals surface area contributed by atoms with Crippen LogP contribution in [0.4, 0.5) is 11.6 Å². The molecule has 1 aliphatic heterocycles. The first-order valence-electron chi connectivity index (χ1n) is 8.42. The number of nitrogens with one attached hydrogen (secondary N) is 2. The highest BCUT2D eigenvalue weighted by atomic mass is 32.2. The van der Waals surface area contributed by atoms with Crippen LogP contribution < -0.4 is 14.9 Å². The van der Waals surface area contributed by atoms with E-state index in [0.717, 1.165) is 24.7 Å². The maximum atomic E-state index is 12.1. The smallest absolute Gasteiger partial charge is 0.250 e. The third-order valence-electron chi connectivity index (χ3n) is 3.99. The van der Waals surface area contributed by atoms with Gasteiger partial charge in [-0.1, -0.05) is 6.07 Å². The van der Waals surface area contributed by atoms with Gasteiger partial charge in [0.2, 0.25) is 10.0 Å². The average molecular weight is 382 g/mol. The fourth-order valence-corrected chi connectivity index (χ4v) is 4.86. The van der Waals surface area contributed by atoms with Gasteiger partial charge in [-0.25, -0.2) is 23.1 Å². The number of nitrogens with zero attached hydrogens (tertiary/aromatic N) is 3. The largest absolute Gasteiger partial charge is 0.369 e. The minimum atomic E-state index is -3.42. The molecule has 2 N–H and O–H groups in total. The molecular formula is C16H23N5O2S2. The molecule has 1 saturated heterocycles. The lowest BCUT2D eigenvalue weighted by Gasteiger charge is -2.28. The van der Waals surface area contributed by atoms with Gasteiger partial charge >= 0.3 is 0 Å². The molecule has 0 aliphatic carbocycles. The van der Waals surface area contributed by atoms with Gasteiger partial charge in [0, 0.05) is 32.2 Å². The molecule has 2 aromatic heterocycles. The summed E-state index contributed by atoms with van der Waals surface area (Å²) in [6.45, 7) is 4.67. The molecule has 7 nitrogen and oxygen atoms in total. The summed E-state index contributed by atoms with van der Waals surface area (Å²) in [4.78, 5) is 11.2. The van der Waals surface area contributed by atoms with Crippen LogP contribution in [-0.4, -0.2) is 44.6 Å². The van der Waals surface area contributed by atoms with Crippen LogP contribution in [0.15, 0.2) is 27.8 Å². The minimum absolute atomic E-state index is 0.294. The molecule has 0 radical (unpaired) electrons. The Bertz CT molecular complexity index is 787. The van der Waals surface area contributed by atoms with Crippen LogP contribution in [0.2, 0.25) is 0 Å². The van der Waals surface area contributed by atoms with Crippen molar-refractivity contribution in [3.63, 3.8) is 0 Å². The summed E-state index contributed by atoms with van der Waals surface area (Å²) in [5.74, 6) is 2.38. The Labute approximate surface area is 152 Å². The topological polar surface area (TPSA) is 87.2 Å².